The Morgan fingerprint density at radius 3 is 2.67 bits per heavy atom. The molecule has 2 aliphatic rings. The maximum Gasteiger partial charge on any atom is 0.227 e. The van der Waals surface area contributed by atoms with Crippen molar-refractivity contribution in [2.75, 3.05) is 36.5 Å². The molecule has 3 rings (SSSR count). The smallest absolute Gasteiger partial charge is 0.227 e. The average molecular weight is 246 g/mol. The summed E-state index contributed by atoms with van der Waals surface area (Å²) in [4.78, 5) is 14.1. The summed E-state index contributed by atoms with van der Waals surface area (Å²) in [7, 11) is 0. The lowest BCUT2D eigenvalue weighted by Crippen LogP contribution is -2.36. The van der Waals surface area contributed by atoms with Gasteiger partial charge in [-0.2, -0.15) is 0 Å². The molecule has 1 amide bonds. The third kappa shape index (κ3) is 2.48. The fourth-order valence-electron chi connectivity index (χ4n) is 2.24. The van der Waals surface area contributed by atoms with E-state index in [0.717, 1.165) is 50.5 Å². The highest BCUT2D eigenvalue weighted by Gasteiger charge is 2.30. The first-order chi connectivity index (χ1) is 8.84. The number of nitrogens with zero attached hydrogens (tertiary/aromatic N) is 1. The number of rotatable bonds is 3. The van der Waals surface area contributed by atoms with Gasteiger partial charge >= 0.3 is 0 Å². The lowest BCUT2D eigenvalue weighted by Gasteiger charge is -2.30. The van der Waals surface area contributed by atoms with E-state index < -0.39 is 0 Å². The van der Waals surface area contributed by atoms with Gasteiger partial charge in [0.15, 0.2) is 0 Å². The van der Waals surface area contributed by atoms with Crippen molar-refractivity contribution in [2.45, 2.75) is 12.8 Å². The lowest BCUT2D eigenvalue weighted by atomic mass is 10.2. The first-order valence-corrected chi connectivity index (χ1v) is 6.57. The molecule has 1 saturated heterocycles. The van der Waals surface area contributed by atoms with Crippen LogP contribution in [0.15, 0.2) is 24.3 Å². The monoisotopic (exact) mass is 246 g/mol. The van der Waals surface area contributed by atoms with Crippen molar-refractivity contribution in [1.82, 2.24) is 0 Å². The second-order valence-corrected chi connectivity index (χ2v) is 4.88. The standard InChI is InChI=1S/C14H18N2O2/c17-14(11-5-6-11)15-12-3-1-2-4-13(12)16-7-9-18-10-8-16/h1-4,11H,5-10H2,(H,15,17). The summed E-state index contributed by atoms with van der Waals surface area (Å²) >= 11 is 0. The first-order valence-electron chi connectivity index (χ1n) is 6.57. The van der Waals surface area contributed by atoms with Crippen LogP contribution in [0, 0.1) is 5.92 Å². The van der Waals surface area contributed by atoms with Gasteiger partial charge in [-0.15, -0.1) is 0 Å². The second-order valence-electron chi connectivity index (χ2n) is 4.88. The Hall–Kier alpha value is -1.55. The molecule has 0 aromatic heterocycles. The van der Waals surface area contributed by atoms with Gasteiger partial charge in [0.2, 0.25) is 5.91 Å². The predicted molar refractivity (Wildman–Crippen MR) is 70.8 cm³/mol. The Morgan fingerprint density at radius 2 is 1.94 bits per heavy atom. The number of hydrogen-bond acceptors (Lipinski definition) is 3. The van der Waals surface area contributed by atoms with E-state index in [0.29, 0.717) is 0 Å². The highest BCUT2D eigenvalue weighted by atomic mass is 16.5. The van der Waals surface area contributed by atoms with Crippen molar-refractivity contribution < 1.29 is 9.53 Å². The number of para-hydroxylation sites is 2. The zero-order chi connectivity index (χ0) is 12.4. The summed E-state index contributed by atoms with van der Waals surface area (Å²) in [6, 6.07) is 8.02. The second kappa shape index (κ2) is 4.98. The number of morpholine rings is 1. The predicted octanol–water partition coefficient (Wildman–Crippen LogP) is 1.87. The summed E-state index contributed by atoms with van der Waals surface area (Å²) in [5, 5.41) is 3.05. The van der Waals surface area contributed by atoms with E-state index >= 15 is 0 Å². The minimum Gasteiger partial charge on any atom is -0.378 e. The minimum absolute atomic E-state index is 0.163. The minimum atomic E-state index is 0.163. The Kier molecular flexibility index (Phi) is 3.19. The van der Waals surface area contributed by atoms with Crippen LogP contribution in [-0.4, -0.2) is 32.2 Å². The van der Waals surface area contributed by atoms with Crippen molar-refractivity contribution in [3.8, 4) is 0 Å². The molecule has 1 saturated carbocycles. The summed E-state index contributed by atoms with van der Waals surface area (Å²) in [5.74, 6) is 0.401. The summed E-state index contributed by atoms with van der Waals surface area (Å²) < 4.78 is 5.36. The van der Waals surface area contributed by atoms with Gasteiger partial charge in [-0.05, 0) is 25.0 Å². The Morgan fingerprint density at radius 1 is 1.22 bits per heavy atom. The van der Waals surface area contributed by atoms with E-state index in [-0.39, 0.29) is 11.8 Å². The maximum absolute atomic E-state index is 11.9. The van der Waals surface area contributed by atoms with Crippen molar-refractivity contribution in [2.24, 2.45) is 5.92 Å². The molecule has 4 heteroatoms. The number of anilines is 2. The summed E-state index contributed by atoms with van der Waals surface area (Å²) in [6.07, 6.45) is 2.07. The van der Waals surface area contributed by atoms with Crippen LogP contribution in [0.3, 0.4) is 0 Å². The SMILES string of the molecule is O=C(Nc1ccccc1N1CCOCC1)C1CC1. The van der Waals surface area contributed by atoms with Crippen LogP contribution in [0.1, 0.15) is 12.8 Å². The number of benzene rings is 1. The zero-order valence-electron chi connectivity index (χ0n) is 10.4. The van der Waals surface area contributed by atoms with Crippen molar-refractivity contribution >= 4 is 17.3 Å². The molecule has 1 N–H and O–H groups in total. The van der Waals surface area contributed by atoms with Gasteiger partial charge in [0, 0.05) is 19.0 Å². The maximum atomic E-state index is 11.9. The lowest BCUT2D eigenvalue weighted by molar-refractivity contribution is -0.117. The molecular weight excluding hydrogens is 228 g/mol. The Balaban J connectivity index is 1.77. The highest BCUT2D eigenvalue weighted by Crippen LogP contribution is 2.32. The largest absolute Gasteiger partial charge is 0.378 e. The molecule has 0 atom stereocenters. The number of hydrogen-bond donors (Lipinski definition) is 1. The van der Waals surface area contributed by atoms with E-state index in [4.69, 9.17) is 4.74 Å². The average Bonchev–Trinajstić information content (AvgIpc) is 3.25. The number of amides is 1. The van der Waals surface area contributed by atoms with Crippen LogP contribution in [0.25, 0.3) is 0 Å². The highest BCUT2D eigenvalue weighted by molar-refractivity contribution is 5.97. The van der Waals surface area contributed by atoms with Crippen LogP contribution in [0.2, 0.25) is 0 Å². The molecule has 96 valence electrons. The summed E-state index contributed by atoms with van der Waals surface area (Å²) in [5.41, 5.74) is 2.03. The zero-order valence-corrected chi connectivity index (χ0v) is 10.4. The molecule has 0 radical (unpaired) electrons. The van der Waals surface area contributed by atoms with E-state index in [1.165, 1.54) is 0 Å². The molecular formula is C14H18N2O2. The molecule has 1 aliphatic carbocycles. The third-order valence-corrected chi connectivity index (χ3v) is 3.46. The van der Waals surface area contributed by atoms with Gasteiger partial charge in [-0.3, -0.25) is 4.79 Å². The number of carbonyl (C=O) groups excluding carboxylic acids is 1. The van der Waals surface area contributed by atoms with Crippen molar-refractivity contribution in [3.05, 3.63) is 24.3 Å². The van der Waals surface area contributed by atoms with Crippen LogP contribution < -0.4 is 10.2 Å². The topological polar surface area (TPSA) is 41.6 Å². The van der Waals surface area contributed by atoms with Gasteiger partial charge < -0.3 is 15.0 Å². The molecule has 1 aromatic carbocycles. The van der Waals surface area contributed by atoms with Gasteiger partial charge in [0.25, 0.3) is 0 Å². The van der Waals surface area contributed by atoms with Gasteiger partial charge in [0.1, 0.15) is 0 Å². The van der Waals surface area contributed by atoms with Crippen LogP contribution in [0.5, 0.6) is 0 Å². The van der Waals surface area contributed by atoms with Gasteiger partial charge in [0.05, 0.1) is 24.6 Å². The van der Waals surface area contributed by atoms with Gasteiger partial charge in [-0.25, -0.2) is 0 Å². The van der Waals surface area contributed by atoms with Crippen molar-refractivity contribution in [1.29, 1.82) is 0 Å². The van der Waals surface area contributed by atoms with E-state index in [2.05, 4.69) is 16.3 Å². The van der Waals surface area contributed by atoms with Crippen LogP contribution in [-0.2, 0) is 9.53 Å². The molecule has 1 aliphatic heterocycles. The summed E-state index contributed by atoms with van der Waals surface area (Å²) in [6.45, 7) is 3.28. The number of carbonyl (C=O) groups is 1. The molecule has 0 bridgehead atoms. The van der Waals surface area contributed by atoms with E-state index in [1.807, 2.05) is 18.2 Å². The van der Waals surface area contributed by atoms with Crippen LogP contribution in [0.4, 0.5) is 11.4 Å². The van der Waals surface area contributed by atoms with Gasteiger partial charge in [-0.1, -0.05) is 12.1 Å². The molecule has 18 heavy (non-hydrogen) atoms. The molecule has 1 heterocycles. The Bertz CT molecular complexity index is 437. The normalized spacial score (nSPS) is 19.7. The quantitative estimate of drug-likeness (QED) is 0.885. The molecule has 0 unspecified atom stereocenters. The number of ether oxygens (including phenoxy) is 1. The van der Waals surface area contributed by atoms with Crippen LogP contribution >= 0.6 is 0 Å². The molecule has 1 aromatic rings. The molecule has 4 nitrogen and oxygen atoms in total. The fraction of sp³-hybridized carbons (Fsp3) is 0.500. The Labute approximate surface area is 107 Å². The van der Waals surface area contributed by atoms with Crippen molar-refractivity contribution in [3.63, 3.8) is 0 Å². The number of nitrogens with one attached hydrogen (secondary N) is 1. The van der Waals surface area contributed by atoms with E-state index in [9.17, 15) is 4.79 Å². The molecule has 2 fully saturated rings. The van der Waals surface area contributed by atoms with E-state index in [1.54, 1.807) is 0 Å². The third-order valence-electron chi connectivity index (χ3n) is 3.46. The molecule has 0 spiro atoms. The first kappa shape index (κ1) is 11.5. The fourth-order valence-corrected chi connectivity index (χ4v) is 2.24.